The number of nitrogens with zero attached hydrogens (tertiary/aromatic N) is 2. The van der Waals surface area contributed by atoms with Gasteiger partial charge in [0.1, 0.15) is 12.3 Å². The third-order valence-corrected chi connectivity index (χ3v) is 8.29. The Bertz CT molecular complexity index is 1670. The van der Waals surface area contributed by atoms with Crippen LogP contribution in [-0.4, -0.2) is 46.1 Å². The fraction of sp³-hybridized carbons (Fsp3) is 0.156. The average molecular weight is 619 g/mol. The van der Waals surface area contributed by atoms with Gasteiger partial charge < -0.3 is 10.1 Å². The number of aryl methyl sites for hydroxylation is 1. The fourth-order valence-electron chi connectivity index (χ4n) is 4.10. The average Bonchev–Trinajstić information content (AvgIpc) is 3.01. The molecule has 0 bridgehead atoms. The Balaban J connectivity index is 1.31. The standard InChI is InChI=1S/C32H31ClN4O5S/c1-24-20-27(33)14-17-30(24)37(43(40,41)29-10-6-3-7-11-29)22-31(38)36-35-21-26-12-15-28(16-13-26)42-23-32(39)34-19-18-25-8-4-2-5-9-25/h2-17,20-21H,18-19,22-23H2,1H3,(H,34,39)(H,36,38)/b35-21-. The van der Waals surface area contributed by atoms with Gasteiger partial charge in [-0.15, -0.1) is 0 Å². The van der Waals surface area contributed by atoms with E-state index < -0.39 is 22.5 Å². The lowest BCUT2D eigenvalue weighted by Gasteiger charge is -2.25. The third-order valence-electron chi connectivity index (χ3n) is 6.28. The second kappa shape index (κ2) is 15.0. The van der Waals surface area contributed by atoms with Crippen LogP contribution in [0.4, 0.5) is 5.69 Å². The van der Waals surface area contributed by atoms with E-state index in [1.807, 2.05) is 30.3 Å². The summed E-state index contributed by atoms with van der Waals surface area (Å²) < 4.78 is 33.5. The summed E-state index contributed by atoms with van der Waals surface area (Å²) in [7, 11) is -4.06. The number of ether oxygens (including phenoxy) is 1. The number of carbonyl (C=O) groups excluding carboxylic acids is 2. The van der Waals surface area contributed by atoms with Gasteiger partial charge in [0.2, 0.25) is 0 Å². The molecule has 0 spiro atoms. The summed E-state index contributed by atoms with van der Waals surface area (Å²) in [5.74, 6) is -0.357. The summed E-state index contributed by atoms with van der Waals surface area (Å²) in [6.45, 7) is 1.62. The van der Waals surface area contributed by atoms with E-state index in [0.29, 0.717) is 34.1 Å². The quantitative estimate of drug-likeness (QED) is 0.166. The molecular weight excluding hydrogens is 588 g/mol. The third kappa shape index (κ3) is 9.16. The van der Waals surface area contributed by atoms with Crippen LogP contribution >= 0.6 is 11.6 Å². The van der Waals surface area contributed by atoms with Crippen LogP contribution in [0.1, 0.15) is 16.7 Å². The van der Waals surface area contributed by atoms with Gasteiger partial charge in [-0.25, -0.2) is 13.8 Å². The molecule has 0 unspecified atom stereocenters. The van der Waals surface area contributed by atoms with E-state index >= 15 is 0 Å². The molecule has 0 aliphatic heterocycles. The number of anilines is 1. The van der Waals surface area contributed by atoms with E-state index in [9.17, 15) is 18.0 Å². The van der Waals surface area contributed by atoms with Gasteiger partial charge in [0, 0.05) is 11.6 Å². The smallest absolute Gasteiger partial charge is 0.264 e. The molecule has 0 saturated carbocycles. The highest BCUT2D eigenvalue weighted by Gasteiger charge is 2.28. The van der Waals surface area contributed by atoms with Crippen molar-refractivity contribution in [1.82, 2.24) is 10.7 Å². The van der Waals surface area contributed by atoms with E-state index in [0.717, 1.165) is 16.3 Å². The number of halogens is 1. The molecule has 11 heteroatoms. The van der Waals surface area contributed by atoms with Crippen molar-refractivity contribution in [3.63, 3.8) is 0 Å². The van der Waals surface area contributed by atoms with Gasteiger partial charge >= 0.3 is 0 Å². The molecule has 0 fully saturated rings. The zero-order valence-corrected chi connectivity index (χ0v) is 25.0. The number of rotatable bonds is 13. The van der Waals surface area contributed by atoms with Crippen LogP contribution in [0.3, 0.4) is 0 Å². The van der Waals surface area contributed by atoms with Crippen LogP contribution in [-0.2, 0) is 26.0 Å². The lowest BCUT2D eigenvalue weighted by Crippen LogP contribution is -2.40. The van der Waals surface area contributed by atoms with Crippen LogP contribution in [0.2, 0.25) is 5.02 Å². The number of hydrogen-bond donors (Lipinski definition) is 2. The number of benzene rings is 4. The van der Waals surface area contributed by atoms with Gasteiger partial charge in [-0.2, -0.15) is 5.10 Å². The molecule has 0 aromatic heterocycles. The van der Waals surface area contributed by atoms with E-state index in [2.05, 4.69) is 15.8 Å². The predicted molar refractivity (Wildman–Crippen MR) is 168 cm³/mol. The molecular formula is C32H31ClN4O5S. The first-order valence-electron chi connectivity index (χ1n) is 13.4. The molecule has 0 saturated heterocycles. The van der Waals surface area contributed by atoms with Crippen LogP contribution in [0.5, 0.6) is 5.75 Å². The largest absolute Gasteiger partial charge is 0.484 e. The highest BCUT2D eigenvalue weighted by molar-refractivity contribution is 7.92. The Labute approximate surface area is 256 Å². The topological polar surface area (TPSA) is 117 Å². The second-order valence-corrected chi connectivity index (χ2v) is 11.8. The number of amides is 2. The molecule has 222 valence electrons. The van der Waals surface area contributed by atoms with E-state index in [1.165, 1.54) is 18.3 Å². The lowest BCUT2D eigenvalue weighted by atomic mass is 10.1. The summed E-state index contributed by atoms with van der Waals surface area (Å²) in [6, 6.07) is 29.3. The molecule has 4 rings (SSSR count). The van der Waals surface area contributed by atoms with Gasteiger partial charge in [-0.1, -0.05) is 60.1 Å². The van der Waals surface area contributed by atoms with Gasteiger partial charge in [0.05, 0.1) is 16.8 Å². The van der Waals surface area contributed by atoms with Crippen LogP contribution in [0, 0.1) is 6.92 Å². The predicted octanol–water partition coefficient (Wildman–Crippen LogP) is 4.73. The monoisotopic (exact) mass is 618 g/mol. The maximum Gasteiger partial charge on any atom is 0.264 e. The molecule has 2 amide bonds. The van der Waals surface area contributed by atoms with Crippen molar-refractivity contribution in [2.24, 2.45) is 5.10 Å². The van der Waals surface area contributed by atoms with Gasteiger partial charge in [-0.05, 0) is 84.6 Å². The van der Waals surface area contributed by atoms with Crippen molar-refractivity contribution in [3.05, 3.63) is 125 Å². The maximum atomic E-state index is 13.5. The highest BCUT2D eigenvalue weighted by atomic mass is 35.5. The molecule has 2 N–H and O–H groups in total. The summed E-state index contributed by atoms with van der Waals surface area (Å²) in [6.07, 6.45) is 2.15. The van der Waals surface area contributed by atoms with E-state index in [-0.39, 0.29) is 17.4 Å². The zero-order valence-electron chi connectivity index (χ0n) is 23.4. The van der Waals surface area contributed by atoms with Crippen molar-refractivity contribution >= 4 is 45.3 Å². The fourth-order valence-corrected chi connectivity index (χ4v) is 5.84. The van der Waals surface area contributed by atoms with Crippen molar-refractivity contribution in [3.8, 4) is 5.75 Å². The number of hydrogen-bond acceptors (Lipinski definition) is 6. The van der Waals surface area contributed by atoms with Crippen molar-refractivity contribution in [1.29, 1.82) is 0 Å². The highest BCUT2D eigenvalue weighted by Crippen LogP contribution is 2.28. The SMILES string of the molecule is Cc1cc(Cl)ccc1N(CC(=O)N/N=C\c1ccc(OCC(=O)NCCc2ccccc2)cc1)S(=O)(=O)c1ccccc1. The van der Waals surface area contributed by atoms with Gasteiger partial charge in [0.25, 0.3) is 21.8 Å². The van der Waals surface area contributed by atoms with Crippen molar-refractivity contribution in [2.75, 3.05) is 24.0 Å². The first-order chi connectivity index (χ1) is 20.7. The molecule has 4 aromatic rings. The summed E-state index contributed by atoms with van der Waals surface area (Å²) in [5, 5.41) is 7.25. The number of sulfonamides is 1. The first-order valence-corrected chi connectivity index (χ1v) is 15.2. The Morgan fingerprint density at radius 2 is 1.58 bits per heavy atom. The molecule has 0 heterocycles. The van der Waals surface area contributed by atoms with Gasteiger partial charge in [0.15, 0.2) is 6.61 Å². The van der Waals surface area contributed by atoms with Crippen molar-refractivity contribution < 1.29 is 22.7 Å². The van der Waals surface area contributed by atoms with E-state index in [4.69, 9.17) is 16.3 Å². The number of carbonyl (C=O) groups is 2. The molecule has 9 nitrogen and oxygen atoms in total. The molecule has 0 aliphatic carbocycles. The zero-order chi connectivity index (χ0) is 30.7. The van der Waals surface area contributed by atoms with Crippen LogP contribution in [0.15, 0.2) is 113 Å². The molecule has 0 aliphatic rings. The molecule has 0 radical (unpaired) electrons. The molecule has 43 heavy (non-hydrogen) atoms. The Morgan fingerprint density at radius 1 is 0.907 bits per heavy atom. The second-order valence-electron chi connectivity index (χ2n) is 9.49. The Kier molecular flexibility index (Phi) is 10.9. The Hall–Kier alpha value is -4.67. The van der Waals surface area contributed by atoms with Gasteiger partial charge in [-0.3, -0.25) is 13.9 Å². The molecule has 0 atom stereocenters. The van der Waals surface area contributed by atoms with Crippen molar-refractivity contribution in [2.45, 2.75) is 18.2 Å². The van der Waals surface area contributed by atoms with Crippen LogP contribution < -0.4 is 19.8 Å². The minimum absolute atomic E-state index is 0.0487. The normalized spacial score (nSPS) is 11.2. The Morgan fingerprint density at radius 3 is 2.26 bits per heavy atom. The minimum Gasteiger partial charge on any atom is -0.484 e. The summed E-state index contributed by atoms with van der Waals surface area (Å²) in [5.41, 5.74) is 5.10. The summed E-state index contributed by atoms with van der Waals surface area (Å²) >= 11 is 6.07. The number of nitrogens with one attached hydrogen (secondary N) is 2. The van der Waals surface area contributed by atoms with E-state index in [1.54, 1.807) is 67.6 Å². The van der Waals surface area contributed by atoms with Crippen LogP contribution in [0.25, 0.3) is 0 Å². The first kappa shape index (κ1) is 31.3. The maximum absolute atomic E-state index is 13.5. The number of hydrazone groups is 1. The molecule has 4 aromatic carbocycles. The lowest BCUT2D eigenvalue weighted by molar-refractivity contribution is -0.123. The summed E-state index contributed by atoms with van der Waals surface area (Å²) in [4.78, 5) is 24.9. The minimum atomic E-state index is -4.06.